The van der Waals surface area contributed by atoms with Crippen molar-refractivity contribution in [1.82, 2.24) is 0 Å². The molecule has 0 aliphatic carbocycles. The second kappa shape index (κ2) is 4.21. The summed E-state index contributed by atoms with van der Waals surface area (Å²) in [5, 5.41) is 0.565. The van der Waals surface area contributed by atoms with Crippen LogP contribution in [-0.4, -0.2) is 16.7 Å². The SMILES string of the molecule is CC(=O)OC(S)CBr. The van der Waals surface area contributed by atoms with Gasteiger partial charge in [-0.05, 0) is 0 Å². The quantitative estimate of drug-likeness (QED) is 0.313. The van der Waals surface area contributed by atoms with Gasteiger partial charge in [0.05, 0.1) is 0 Å². The fourth-order valence-corrected chi connectivity index (χ4v) is 0.504. The van der Waals surface area contributed by atoms with Crippen LogP contribution in [0.25, 0.3) is 0 Å². The fraction of sp³-hybridized carbons (Fsp3) is 0.750. The average Bonchev–Trinajstić information content (AvgIpc) is 1.65. The van der Waals surface area contributed by atoms with Crippen molar-refractivity contribution >= 4 is 34.5 Å². The first-order chi connectivity index (χ1) is 3.66. The molecule has 4 heteroatoms. The summed E-state index contributed by atoms with van der Waals surface area (Å²) >= 11 is 6.97. The minimum absolute atomic E-state index is 0.301. The Labute approximate surface area is 62.1 Å². The zero-order valence-electron chi connectivity index (χ0n) is 4.43. The maximum absolute atomic E-state index is 10.1. The lowest BCUT2D eigenvalue weighted by molar-refractivity contribution is -0.141. The van der Waals surface area contributed by atoms with Gasteiger partial charge < -0.3 is 4.74 Å². The first kappa shape index (κ1) is 8.30. The summed E-state index contributed by atoms with van der Waals surface area (Å²) in [6, 6.07) is 0. The number of esters is 1. The molecule has 0 fully saturated rings. The number of alkyl halides is 1. The molecule has 0 aromatic heterocycles. The molecule has 0 radical (unpaired) electrons. The van der Waals surface area contributed by atoms with Crippen molar-refractivity contribution in [3.8, 4) is 0 Å². The summed E-state index contributed by atoms with van der Waals surface area (Å²) in [5.41, 5.74) is -0.313. The number of hydrogen-bond acceptors (Lipinski definition) is 3. The molecule has 48 valence electrons. The predicted octanol–water partition coefficient (Wildman–Crippen LogP) is 1.20. The second-order valence-corrected chi connectivity index (χ2v) is 2.44. The molecule has 0 aliphatic rings. The fourth-order valence-electron chi connectivity index (χ4n) is 0.223. The van der Waals surface area contributed by atoms with Gasteiger partial charge in [0.15, 0.2) is 5.44 Å². The highest BCUT2D eigenvalue weighted by Crippen LogP contribution is 2.00. The lowest BCUT2D eigenvalue weighted by Crippen LogP contribution is -2.10. The highest BCUT2D eigenvalue weighted by molar-refractivity contribution is 9.09. The highest BCUT2D eigenvalue weighted by Gasteiger charge is 2.01. The van der Waals surface area contributed by atoms with Gasteiger partial charge in [0, 0.05) is 12.3 Å². The van der Waals surface area contributed by atoms with E-state index in [1.54, 1.807) is 0 Å². The van der Waals surface area contributed by atoms with Gasteiger partial charge in [0.2, 0.25) is 0 Å². The van der Waals surface area contributed by atoms with E-state index in [-0.39, 0.29) is 11.4 Å². The Balaban J connectivity index is 3.24. The zero-order chi connectivity index (χ0) is 6.57. The molecule has 0 saturated carbocycles. The van der Waals surface area contributed by atoms with E-state index < -0.39 is 0 Å². The molecule has 0 spiro atoms. The van der Waals surface area contributed by atoms with Crippen molar-refractivity contribution in [1.29, 1.82) is 0 Å². The maximum Gasteiger partial charge on any atom is 0.303 e. The van der Waals surface area contributed by atoms with E-state index in [2.05, 4.69) is 33.3 Å². The van der Waals surface area contributed by atoms with Crippen molar-refractivity contribution in [3.63, 3.8) is 0 Å². The molecule has 0 heterocycles. The largest absolute Gasteiger partial charge is 0.451 e. The molecule has 0 aliphatic heterocycles. The van der Waals surface area contributed by atoms with Crippen molar-refractivity contribution in [3.05, 3.63) is 0 Å². The molecule has 0 rings (SSSR count). The first-order valence-electron chi connectivity index (χ1n) is 2.08. The lowest BCUT2D eigenvalue weighted by atomic mass is 10.8. The summed E-state index contributed by atoms with van der Waals surface area (Å²) in [7, 11) is 0. The van der Waals surface area contributed by atoms with Gasteiger partial charge in [0.25, 0.3) is 0 Å². The first-order valence-corrected chi connectivity index (χ1v) is 3.72. The normalized spacial score (nSPS) is 12.9. The Morgan fingerprint density at radius 3 is 2.62 bits per heavy atom. The van der Waals surface area contributed by atoms with Gasteiger partial charge in [-0.1, -0.05) is 15.9 Å². The van der Waals surface area contributed by atoms with Crippen LogP contribution in [0.2, 0.25) is 0 Å². The van der Waals surface area contributed by atoms with Crippen molar-refractivity contribution < 1.29 is 9.53 Å². The number of thiol groups is 1. The number of carbonyl (C=O) groups is 1. The van der Waals surface area contributed by atoms with E-state index in [4.69, 9.17) is 0 Å². The Kier molecular flexibility index (Phi) is 4.36. The van der Waals surface area contributed by atoms with E-state index in [1.807, 2.05) is 0 Å². The van der Waals surface area contributed by atoms with Gasteiger partial charge in [-0.15, -0.1) is 12.6 Å². The van der Waals surface area contributed by atoms with Gasteiger partial charge in [-0.2, -0.15) is 0 Å². The third-order valence-electron chi connectivity index (χ3n) is 0.434. The molecular weight excluding hydrogens is 192 g/mol. The summed E-state index contributed by atoms with van der Waals surface area (Å²) in [6.07, 6.45) is 0. The Morgan fingerprint density at radius 1 is 2.00 bits per heavy atom. The summed E-state index contributed by atoms with van der Waals surface area (Å²) in [5.74, 6) is -0.301. The van der Waals surface area contributed by atoms with Gasteiger partial charge in [-0.3, -0.25) is 4.79 Å². The number of rotatable bonds is 2. The Hall–Kier alpha value is 0.300. The standard InChI is InChI=1S/C4H7BrO2S/c1-3(6)7-4(8)2-5/h4,8H,2H2,1H3. The third-order valence-corrected chi connectivity index (χ3v) is 1.81. The summed E-state index contributed by atoms with van der Waals surface area (Å²) in [4.78, 5) is 10.1. The lowest BCUT2D eigenvalue weighted by Gasteiger charge is -2.04. The number of carbonyl (C=O) groups excluding carboxylic acids is 1. The van der Waals surface area contributed by atoms with Crippen LogP contribution in [0.15, 0.2) is 0 Å². The average molecular weight is 199 g/mol. The van der Waals surface area contributed by atoms with Crippen molar-refractivity contribution in [2.24, 2.45) is 0 Å². The Bertz CT molecular complexity index is 86.1. The molecule has 1 unspecified atom stereocenters. The Morgan fingerprint density at radius 2 is 2.50 bits per heavy atom. The van der Waals surface area contributed by atoms with Crippen LogP contribution in [0.1, 0.15) is 6.92 Å². The molecular formula is C4H7BrO2S. The zero-order valence-corrected chi connectivity index (χ0v) is 6.91. The molecule has 0 aromatic carbocycles. The van der Waals surface area contributed by atoms with Crippen LogP contribution >= 0.6 is 28.6 Å². The summed E-state index contributed by atoms with van der Waals surface area (Å²) in [6.45, 7) is 1.35. The van der Waals surface area contributed by atoms with Crippen LogP contribution < -0.4 is 0 Å². The number of ether oxygens (including phenoxy) is 1. The summed E-state index contributed by atoms with van der Waals surface area (Å²) < 4.78 is 4.58. The van der Waals surface area contributed by atoms with Crippen LogP contribution in [-0.2, 0) is 9.53 Å². The second-order valence-electron chi connectivity index (χ2n) is 1.22. The monoisotopic (exact) mass is 198 g/mol. The minimum atomic E-state index is -0.313. The van der Waals surface area contributed by atoms with Gasteiger partial charge in [0.1, 0.15) is 0 Å². The van der Waals surface area contributed by atoms with E-state index in [9.17, 15) is 4.79 Å². The van der Waals surface area contributed by atoms with E-state index in [0.29, 0.717) is 5.33 Å². The molecule has 0 bridgehead atoms. The van der Waals surface area contributed by atoms with Crippen LogP contribution in [0.4, 0.5) is 0 Å². The molecule has 0 aromatic rings. The van der Waals surface area contributed by atoms with E-state index in [1.165, 1.54) is 6.92 Å². The van der Waals surface area contributed by atoms with Crippen LogP contribution in [0.5, 0.6) is 0 Å². The molecule has 0 saturated heterocycles. The van der Waals surface area contributed by atoms with Crippen molar-refractivity contribution in [2.75, 3.05) is 5.33 Å². The third kappa shape index (κ3) is 4.46. The minimum Gasteiger partial charge on any atom is -0.451 e. The van der Waals surface area contributed by atoms with Crippen LogP contribution in [0, 0.1) is 0 Å². The number of halogens is 1. The van der Waals surface area contributed by atoms with Gasteiger partial charge >= 0.3 is 5.97 Å². The highest BCUT2D eigenvalue weighted by atomic mass is 79.9. The van der Waals surface area contributed by atoms with Gasteiger partial charge in [-0.25, -0.2) is 0 Å². The predicted molar refractivity (Wildman–Crippen MR) is 38.3 cm³/mol. The smallest absolute Gasteiger partial charge is 0.303 e. The number of hydrogen-bond donors (Lipinski definition) is 1. The van der Waals surface area contributed by atoms with E-state index in [0.717, 1.165) is 0 Å². The molecule has 8 heavy (non-hydrogen) atoms. The molecule has 0 amide bonds. The van der Waals surface area contributed by atoms with Crippen LogP contribution in [0.3, 0.4) is 0 Å². The molecule has 1 atom stereocenters. The maximum atomic E-state index is 10.1. The van der Waals surface area contributed by atoms with E-state index >= 15 is 0 Å². The topological polar surface area (TPSA) is 26.3 Å². The molecule has 2 nitrogen and oxygen atoms in total. The molecule has 0 N–H and O–H groups in total. The van der Waals surface area contributed by atoms with Crippen molar-refractivity contribution in [2.45, 2.75) is 12.4 Å².